The number of nitrogens with zero attached hydrogens (tertiary/aromatic N) is 1. The second kappa shape index (κ2) is 9.06. The third-order valence-electron chi connectivity index (χ3n) is 4.56. The highest BCUT2D eigenvalue weighted by Crippen LogP contribution is 2.25. The van der Waals surface area contributed by atoms with Crippen LogP contribution in [0.2, 0.25) is 5.02 Å². The summed E-state index contributed by atoms with van der Waals surface area (Å²) in [5.41, 5.74) is 3.44. The minimum absolute atomic E-state index is 0.0454. The summed E-state index contributed by atoms with van der Waals surface area (Å²) in [6, 6.07) is 13.9. The summed E-state index contributed by atoms with van der Waals surface area (Å²) in [5, 5.41) is 3.39. The number of hydrogen-bond donors (Lipinski definition) is 1. The van der Waals surface area contributed by atoms with Gasteiger partial charge in [0.1, 0.15) is 5.75 Å². The minimum Gasteiger partial charge on any atom is -0.482 e. The summed E-state index contributed by atoms with van der Waals surface area (Å²) in [6.45, 7) is 5.81. The highest BCUT2D eigenvalue weighted by molar-refractivity contribution is 6.32. The Morgan fingerprint density at radius 3 is 2.54 bits per heavy atom. The Bertz CT molecular complexity index is 740. The molecule has 0 radical (unpaired) electrons. The van der Waals surface area contributed by atoms with Gasteiger partial charge in [0, 0.05) is 13.1 Å². The Kier molecular flexibility index (Phi) is 6.53. The molecular weight excluding hydrogens is 348 g/mol. The fourth-order valence-corrected chi connectivity index (χ4v) is 3.25. The van der Waals surface area contributed by atoms with Gasteiger partial charge in [0.2, 0.25) is 0 Å². The van der Waals surface area contributed by atoms with Crippen LogP contribution in [0.5, 0.6) is 5.75 Å². The zero-order valence-electron chi connectivity index (χ0n) is 15.1. The second-order valence-electron chi connectivity index (χ2n) is 6.80. The molecule has 1 aliphatic rings. The van der Waals surface area contributed by atoms with Gasteiger partial charge < -0.3 is 10.1 Å². The number of hydrogen-bond acceptors (Lipinski definition) is 3. The number of carbonyl (C=O) groups excluding carboxylic acids is 1. The van der Waals surface area contributed by atoms with Gasteiger partial charge >= 0.3 is 0 Å². The van der Waals surface area contributed by atoms with Gasteiger partial charge in [0.25, 0.3) is 5.91 Å². The highest BCUT2D eigenvalue weighted by atomic mass is 35.5. The number of halogens is 1. The highest BCUT2D eigenvalue weighted by Gasteiger charge is 2.11. The standard InChI is InChI=1S/C21H25ClN2O2/c1-16-4-9-19(22)20(12-16)26-15-21(25)23-13-17-5-7-18(8-6-17)14-24-10-2-3-11-24/h4-9,12H,2-3,10-11,13-15H2,1H3,(H,23,25). The molecule has 1 N–H and O–H groups in total. The Hall–Kier alpha value is -2.04. The number of rotatable bonds is 7. The predicted octanol–water partition coefficient (Wildman–Crippen LogP) is 3.94. The maximum Gasteiger partial charge on any atom is 0.258 e. The lowest BCUT2D eigenvalue weighted by Gasteiger charge is -2.14. The Morgan fingerprint density at radius 2 is 1.81 bits per heavy atom. The van der Waals surface area contributed by atoms with E-state index in [0.29, 0.717) is 17.3 Å². The second-order valence-corrected chi connectivity index (χ2v) is 7.21. The van der Waals surface area contributed by atoms with Gasteiger partial charge in [0.05, 0.1) is 5.02 Å². The zero-order chi connectivity index (χ0) is 18.4. The van der Waals surface area contributed by atoms with Crippen LogP contribution in [0.15, 0.2) is 42.5 Å². The predicted molar refractivity (Wildman–Crippen MR) is 104 cm³/mol. The molecule has 1 saturated heterocycles. The molecule has 3 rings (SSSR count). The molecule has 0 aromatic heterocycles. The van der Waals surface area contributed by atoms with E-state index in [0.717, 1.165) is 17.7 Å². The first kappa shape index (κ1) is 18.7. The van der Waals surface area contributed by atoms with Crippen LogP contribution in [0.1, 0.15) is 29.5 Å². The topological polar surface area (TPSA) is 41.6 Å². The fraction of sp³-hybridized carbons (Fsp3) is 0.381. The number of ether oxygens (including phenoxy) is 1. The van der Waals surface area contributed by atoms with Gasteiger partial charge in [-0.15, -0.1) is 0 Å². The molecule has 1 amide bonds. The molecule has 0 saturated carbocycles. The van der Waals surface area contributed by atoms with Crippen LogP contribution in [0.3, 0.4) is 0 Å². The molecule has 0 bridgehead atoms. The Morgan fingerprint density at radius 1 is 1.12 bits per heavy atom. The maximum absolute atomic E-state index is 12.0. The van der Waals surface area contributed by atoms with E-state index in [1.807, 2.05) is 19.1 Å². The van der Waals surface area contributed by atoms with Gasteiger partial charge in [-0.2, -0.15) is 0 Å². The quantitative estimate of drug-likeness (QED) is 0.800. The van der Waals surface area contributed by atoms with Crippen LogP contribution >= 0.6 is 11.6 Å². The molecular formula is C21H25ClN2O2. The van der Waals surface area contributed by atoms with Crippen molar-refractivity contribution >= 4 is 17.5 Å². The summed E-state index contributed by atoms with van der Waals surface area (Å²) in [7, 11) is 0. The summed E-state index contributed by atoms with van der Waals surface area (Å²) >= 11 is 6.07. The van der Waals surface area contributed by atoms with Crippen molar-refractivity contribution in [1.82, 2.24) is 10.2 Å². The molecule has 0 spiro atoms. The van der Waals surface area contributed by atoms with Crippen molar-refractivity contribution in [2.45, 2.75) is 32.9 Å². The first-order valence-corrected chi connectivity index (χ1v) is 9.44. The molecule has 1 fully saturated rings. The normalized spacial score (nSPS) is 14.4. The van der Waals surface area contributed by atoms with Crippen LogP contribution in [-0.2, 0) is 17.9 Å². The molecule has 138 valence electrons. The lowest BCUT2D eigenvalue weighted by molar-refractivity contribution is -0.123. The SMILES string of the molecule is Cc1ccc(Cl)c(OCC(=O)NCc2ccc(CN3CCCC3)cc2)c1. The summed E-state index contributed by atoms with van der Waals surface area (Å²) in [6.07, 6.45) is 2.61. The monoisotopic (exact) mass is 372 g/mol. The summed E-state index contributed by atoms with van der Waals surface area (Å²) in [4.78, 5) is 14.5. The molecule has 1 aliphatic heterocycles. The van der Waals surface area contributed by atoms with E-state index in [1.54, 1.807) is 6.07 Å². The molecule has 26 heavy (non-hydrogen) atoms. The first-order chi connectivity index (χ1) is 12.6. The molecule has 1 heterocycles. The van der Waals surface area contributed by atoms with Gasteiger partial charge in [-0.1, -0.05) is 41.9 Å². The van der Waals surface area contributed by atoms with E-state index in [4.69, 9.17) is 16.3 Å². The van der Waals surface area contributed by atoms with E-state index < -0.39 is 0 Å². The lowest BCUT2D eigenvalue weighted by Crippen LogP contribution is -2.28. The average molecular weight is 373 g/mol. The fourth-order valence-electron chi connectivity index (χ4n) is 3.08. The average Bonchev–Trinajstić information content (AvgIpc) is 3.15. The third-order valence-corrected chi connectivity index (χ3v) is 4.88. The number of likely N-dealkylation sites (tertiary alicyclic amines) is 1. The van der Waals surface area contributed by atoms with E-state index >= 15 is 0 Å². The van der Waals surface area contributed by atoms with Crippen molar-refractivity contribution < 1.29 is 9.53 Å². The van der Waals surface area contributed by atoms with Gasteiger partial charge in [0.15, 0.2) is 6.61 Å². The van der Waals surface area contributed by atoms with Crippen molar-refractivity contribution in [2.75, 3.05) is 19.7 Å². The van der Waals surface area contributed by atoms with Crippen molar-refractivity contribution in [1.29, 1.82) is 0 Å². The maximum atomic E-state index is 12.0. The molecule has 5 heteroatoms. The number of benzene rings is 2. The summed E-state index contributed by atoms with van der Waals surface area (Å²) in [5.74, 6) is 0.372. The van der Waals surface area contributed by atoms with Gasteiger partial charge in [-0.3, -0.25) is 9.69 Å². The Labute approximate surface area is 160 Å². The van der Waals surface area contributed by atoms with Crippen LogP contribution in [0.25, 0.3) is 0 Å². The number of carbonyl (C=O) groups is 1. The minimum atomic E-state index is -0.163. The number of amides is 1. The van der Waals surface area contributed by atoms with Gasteiger partial charge in [-0.25, -0.2) is 0 Å². The van der Waals surface area contributed by atoms with E-state index in [1.165, 1.54) is 31.5 Å². The van der Waals surface area contributed by atoms with Crippen molar-refractivity contribution in [3.63, 3.8) is 0 Å². The Balaban J connectivity index is 1.43. The molecule has 2 aromatic rings. The van der Waals surface area contributed by atoms with Crippen LogP contribution < -0.4 is 10.1 Å². The largest absolute Gasteiger partial charge is 0.482 e. The van der Waals surface area contributed by atoms with Gasteiger partial charge in [-0.05, 0) is 61.7 Å². The van der Waals surface area contributed by atoms with E-state index in [-0.39, 0.29) is 12.5 Å². The smallest absolute Gasteiger partial charge is 0.258 e. The summed E-state index contributed by atoms with van der Waals surface area (Å²) < 4.78 is 5.51. The molecule has 0 atom stereocenters. The molecule has 2 aromatic carbocycles. The van der Waals surface area contributed by atoms with Crippen molar-refractivity contribution in [3.05, 3.63) is 64.2 Å². The van der Waals surface area contributed by atoms with E-state index in [2.05, 4.69) is 34.5 Å². The molecule has 0 unspecified atom stereocenters. The molecule has 0 aliphatic carbocycles. The first-order valence-electron chi connectivity index (χ1n) is 9.06. The lowest BCUT2D eigenvalue weighted by atomic mass is 10.1. The van der Waals surface area contributed by atoms with Crippen LogP contribution in [0.4, 0.5) is 0 Å². The molecule has 4 nitrogen and oxygen atoms in total. The van der Waals surface area contributed by atoms with Crippen molar-refractivity contribution in [3.8, 4) is 5.75 Å². The zero-order valence-corrected chi connectivity index (χ0v) is 15.9. The number of aryl methyl sites for hydroxylation is 1. The van der Waals surface area contributed by atoms with E-state index in [9.17, 15) is 4.79 Å². The van der Waals surface area contributed by atoms with Crippen molar-refractivity contribution in [2.24, 2.45) is 0 Å². The number of nitrogens with one attached hydrogen (secondary N) is 1. The third kappa shape index (κ3) is 5.48. The van der Waals surface area contributed by atoms with Crippen LogP contribution in [-0.4, -0.2) is 30.5 Å². The van der Waals surface area contributed by atoms with Crippen LogP contribution in [0, 0.1) is 6.92 Å².